The van der Waals surface area contributed by atoms with E-state index in [2.05, 4.69) is 20.1 Å². The molecule has 1 fully saturated rings. The van der Waals surface area contributed by atoms with Gasteiger partial charge in [-0.2, -0.15) is 4.98 Å². The molecule has 0 amide bonds. The van der Waals surface area contributed by atoms with E-state index >= 15 is 4.39 Å². The van der Waals surface area contributed by atoms with Crippen molar-refractivity contribution < 1.29 is 23.9 Å². The molecule has 0 bridgehead atoms. The van der Waals surface area contributed by atoms with E-state index in [4.69, 9.17) is 15.0 Å². The first-order chi connectivity index (χ1) is 11.9. The van der Waals surface area contributed by atoms with E-state index in [0.717, 1.165) is 6.39 Å². The van der Waals surface area contributed by atoms with Crippen molar-refractivity contribution in [2.75, 3.05) is 12.3 Å². The van der Waals surface area contributed by atoms with Crippen molar-refractivity contribution >= 4 is 16.9 Å². The normalized spacial score (nSPS) is 29.5. The van der Waals surface area contributed by atoms with Crippen molar-refractivity contribution in [1.29, 1.82) is 0 Å². The number of aliphatic hydroxyl groups is 2. The summed E-state index contributed by atoms with van der Waals surface area (Å²) in [5.41, 5.74) is 4.49. The van der Waals surface area contributed by atoms with Gasteiger partial charge in [-0.25, -0.2) is 14.4 Å². The van der Waals surface area contributed by atoms with Crippen LogP contribution in [0.15, 0.2) is 23.4 Å². The van der Waals surface area contributed by atoms with Crippen molar-refractivity contribution in [1.82, 2.24) is 24.7 Å². The molecule has 0 aliphatic carbocycles. The van der Waals surface area contributed by atoms with Gasteiger partial charge in [0.05, 0.1) is 17.6 Å². The molecule has 132 valence electrons. The van der Waals surface area contributed by atoms with Crippen molar-refractivity contribution in [3.8, 4) is 11.4 Å². The van der Waals surface area contributed by atoms with Crippen LogP contribution >= 0.6 is 0 Å². The second-order valence-corrected chi connectivity index (χ2v) is 5.97. The molecular weight excluding hydrogens is 335 g/mol. The van der Waals surface area contributed by atoms with Crippen molar-refractivity contribution in [2.45, 2.75) is 31.0 Å². The van der Waals surface area contributed by atoms with Gasteiger partial charge in [-0.1, -0.05) is 5.16 Å². The van der Waals surface area contributed by atoms with Crippen LogP contribution in [0, 0.1) is 0 Å². The lowest BCUT2D eigenvalue weighted by Crippen LogP contribution is -2.40. The lowest BCUT2D eigenvalue weighted by Gasteiger charge is -2.25. The lowest BCUT2D eigenvalue weighted by atomic mass is 9.98. The quantitative estimate of drug-likeness (QED) is 0.596. The van der Waals surface area contributed by atoms with Gasteiger partial charge in [-0.15, -0.1) is 0 Å². The molecule has 25 heavy (non-hydrogen) atoms. The molecule has 0 radical (unpaired) electrons. The topological polar surface area (TPSA) is 145 Å². The minimum atomic E-state index is -2.17. The van der Waals surface area contributed by atoms with Crippen molar-refractivity contribution in [3.63, 3.8) is 0 Å². The molecule has 0 spiro atoms. The summed E-state index contributed by atoms with van der Waals surface area (Å²) in [6.45, 7) is 0.674. The highest BCUT2D eigenvalue weighted by Crippen LogP contribution is 2.44. The van der Waals surface area contributed by atoms with Crippen LogP contribution in [0.25, 0.3) is 22.4 Å². The molecule has 1 aliphatic heterocycles. The van der Waals surface area contributed by atoms with Gasteiger partial charge in [0.15, 0.2) is 11.9 Å². The smallest absolute Gasteiger partial charge is 0.214 e. The maximum atomic E-state index is 15.1. The Labute approximate surface area is 140 Å². The lowest BCUT2D eigenvalue weighted by molar-refractivity contribution is -0.0563. The average molecular weight is 350 g/mol. The van der Waals surface area contributed by atoms with Gasteiger partial charge in [0.1, 0.15) is 30.0 Å². The third-order valence-corrected chi connectivity index (χ3v) is 4.39. The van der Waals surface area contributed by atoms with Crippen LogP contribution in [0.4, 0.5) is 10.2 Å². The Morgan fingerprint density at radius 1 is 1.40 bits per heavy atom. The van der Waals surface area contributed by atoms with Crippen LogP contribution in [0.5, 0.6) is 0 Å². The summed E-state index contributed by atoms with van der Waals surface area (Å²) in [6, 6.07) is 0. The summed E-state index contributed by atoms with van der Waals surface area (Å²) >= 11 is 0. The number of nitrogens with zero attached hydrogens (tertiary/aromatic N) is 5. The SMILES string of the molecule is C[C@@]1(F)[C@H](O)[C@@H](CO)O[C@H]1n1cc(-c2ncon2)c2c(N)ncnc21. The Morgan fingerprint density at radius 3 is 2.84 bits per heavy atom. The van der Waals surface area contributed by atoms with E-state index in [1.54, 1.807) is 0 Å². The maximum Gasteiger partial charge on any atom is 0.214 e. The van der Waals surface area contributed by atoms with Crippen LogP contribution in [0.1, 0.15) is 13.2 Å². The summed E-state index contributed by atoms with van der Waals surface area (Å²) in [5, 5.41) is 23.6. The molecule has 1 aliphatic rings. The summed E-state index contributed by atoms with van der Waals surface area (Å²) in [5.74, 6) is 0.379. The molecule has 4 heterocycles. The third kappa shape index (κ3) is 2.20. The van der Waals surface area contributed by atoms with Gasteiger partial charge in [-0.05, 0) is 6.92 Å². The zero-order chi connectivity index (χ0) is 17.8. The summed E-state index contributed by atoms with van der Waals surface area (Å²) < 4.78 is 26.8. The van der Waals surface area contributed by atoms with Crippen LogP contribution in [-0.4, -0.2) is 59.4 Å². The van der Waals surface area contributed by atoms with Crippen LogP contribution < -0.4 is 5.73 Å². The van der Waals surface area contributed by atoms with Crippen LogP contribution in [0.2, 0.25) is 0 Å². The number of anilines is 1. The number of hydrogen-bond donors (Lipinski definition) is 3. The predicted molar refractivity (Wildman–Crippen MR) is 81.7 cm³/mol. The second-order valence-electron chi connectivity index (χ2n) is 5.97. The Balaban J connectivity index is 1.93. The molecular formula is C14H15FN6O4. The van der Waals surface area contributed by atoms with Gasteiger partial charge in [0.25, 0.3) is 0 Å². The number of fused-ring (bicyclic) bond motifs is 1. The highest BCUT2D eigenvalue weighted by Gasteiger charge is 2.55. The van der Waals surface area contributed by atoms with Crippen LogP contribution in [0.3, 0.4) is 0 Å². The summed E-state index contributed by atoms with van der Waals surface area (Å²) in [4.78, 5) is 12.1. The molecule has 10 nitrogen and oxygen atoms in total. The molecule has 11 heteroatoms. The Bertz CT molecular complexity index is 912. The van der Waals surface area contributed by atoms with Gasteiger partial charge in [0.2, 0.25) is 12.2 Å². The number of aliphatic hydroxyl groups excluding tert-OH is 2. The first-order valence-corrected chi connectivity index (χ1v) is 7.46. The van der Waals surface area contributed by atoms with Gasteiger partial charge in [0, 0.05) is 6.20 Å². The predicted octanol–water partition coefficient (Wildman–Crippen LogP) is 0.0423. The molecule has 0 unspecified atom stereocenters. The highest BCUT2D eigenvalue weighted by atomic mass is 19.1. The van der Waals surface area contributed by atoms with Crippen molar-refractivity contribution in [3.05, 3.63) is 18.9 Å². The molecule has 3 aromatic heterocycles. The second kappa shape index (κ2) is 5.44. The number of rotatable bonds is 3. The van der Waals surface area contributed by atoms with E-state index in [-0.39, 0.29) is 17.3 Å². The molecule has 4 rings (SSSR count). The minimum Gasteiger partial charge on any atom is -0.394 e. The Hall–Kier alpha value is -2.63. The fourth-order valence-electron chi connectivity index (χ4n) is 3.11. The molecule has 4 N–H and O–H groups in total. The standard InChI is InChI=1S/C14H15FN6O4/c1-14(15)9(23)7(3-22)25-13(14)21-2-6(11-19-5-24-20-11)8-10(16)17-4-18-12(8)21/h2,4-5,7,9,13,22-23H,3H2,1H3,(H2,16,17,18)/t7-,9-,13-,14-/m1/s1. The number of halogens is 1. The number of ether oxygens (including phenoxy) is 1. The first kappa shape index (κ1) is 15.9. The average Bonchev–Trinajstić information content (AvgIpc) is 3.27. The number of aromatic nitrogens is 5. The van der Waals surface area contributed by atoms with E-state index in [9.17, 15) is 10.2 Å². The number of nitrogens with two attached hydrogens (primary N) is 1. The first-order valence-electron chi connectivity index (χ1n) is 7.46. The number of alkyl halides is 1. The van der Waals surface area contributed by atoms with Gasteiger partial charge >= 0.3 is 0 Å². The summed E-state index contributed by atoms with van der Waals surface area (Å²) in [7, 11) is 0. The fourth-order valence-corrected chi connectivity index (χ4v) is 3.11. The monoisotopic (exact) mass is 350 g/mol. The fraction of sp³-hybridized carbons (Fsp3) is 0.429. The third-order valence-electron chi connectivity index (χ3n) is 4.39. The molecule has 0 saturated carbocycles. The van der Waals surface area contributed by atoms with Gasteiger partial charge < -0.3 is 29.8 Å². The van der Waals surface area contributed by atoms with Crippen molar-refractivity contribution in [2.24, 2.45) is 0 Å². The Kier molecular flexibility index (Phi) is 3.45. The zero-order valence-corrected chi connectivity index (χ0v) is 13.1. The van der Waals surface area contributed by atoms with Gasteiger partial charge in [-0.3, -0.25) is 0 Å². The van der Waals surface area contributed by atoms with Crippen LogP contribution in [-0.2, 0) is 4.74 Å². The van der Waals surface area contributed by atoms with E-state index in [1.807, 2.05) is 0 Å². The number of nitrogen functional groups attached to an aromatic ring is 1. The largest absolute Gasteiger partial charge is 0.394 e. The van der Waals surface area contributed by atoms with E-state index in [1.165, 1.54) is 24.0 Å². The molecule has 3 aromatic rings. The Morgan fingerprint density at radius 2 is 2.20 bits per heavy atom. The molecule has 0 aromatic carbocycles. The number of hydrogen-bond acceptors (Lipinski definition) is 9. The van der Waals surface area contributed by atoms with E-state index < -0.39 is 30.7 Å². The minimum absolute atomic E-state index is 0.154. The summed E-state index contributed by atoms with van der Waals surface area (Å²) in [6.07, 6.45) is 0.0823. The molecule has 4 atom stereocenters. The molecule has 1 saturated heterocycles. The van der Waals surface area contributed by atoms with E-state index in [0.29, 0.717) is 10.9 Å². The highest BCUT2D eigenvalue weighted by molar-refractivity contribution is 5.99. The maximum absolute atomic E-state index is 15.1. The zero-order valence-electron chi connectivity index (χ0n) is 13.1.